The van der Waals surface area contributed by atoms with Gasteiger partial charge in [-0.2, -0.15) is 0 Å². The van der Waals surface area contributed by atoms with E-state index >= 15 is 0 Å². The molecule has 0 bridgehead atoms. The van der Waals surface area contributed by atoms with E-state index in [2.05, 4.69) is 223 Å². The first-order valence-electron chi connectivity index (χ1n) is 22.6. The van der Waals surface area contributed by atoms with E-state index in [-0.39, 0.29) is 0 Å². The van der Waals surface area contributed by atoms with Crippen LogP contribution in [0.2, 0.25) is 0 Å². The van der Waals surface area contributed by atoms with Gasteiger partial charge in [0.2, 0.25) is 0 Å². The standard InChI is InChI=1S/C48H39N.6C2H6/c1-4-16-40(17-5-1)22-10-13-25-43-28-34-46(35-29-43)49(47-36-30-44(31-37-47)26-14-11-23-41-18-6-2-7-19-41)48-38-32-45(33-39-48)27-15-12-24-42-20-8-3-9-21-42;6*1-2/h1-39H;6*1-2H3/b22-10+,23-11+,24-12+,25-13+,26-14+,27-15+;;;;;;. The fourth-order valence-electron chi connectivity index (χ4n) is 5.34. The van der Waals surface area contributed by atoms with E-state index in [4.69, 9.17) is 0 Å². The average Bonchev–Trinajstić information content (AvgIpc) is 3.37. The topological polar surface area (TPSA) is 3.24 Å². The van der Waals surface area contributed by atoms with Crippen molar-refractivity contribution in [1.29, 1.82) is 0 Å². The molecule has 6 aromatic carbocycles. The van der Waals surface area contributed by atoms with Crippen LogP contribution in [0.15, 0.2) is 200 Å². The maximum Gasteiger partial charge on any atom is 0.0462 e. The Balaban J connectivity index is 0.00000276. The number of hydrogen-bond acceptors (Lipinski definition) is 1. The molecule has 0 saturated heterocycles. The van der Waals surface area contributed by atoms with Gasteiger partial charge in [-0.25, -0.2) is 0 Å². The van der Waals surface area contributed by atoms with Gasteiger partial charge in [0.25, 0.3) is 0 Å². The largest absolute Gasteiger partial charge is 0.311 e. The minimum absolute atomic E-state index is 1.10. The van der Waals surface area contributed by atoms with E-state index in [9.17, 15) is 0 Å². The summed E-state index contributed by atoms with van der Waals surface area (Å²) in [5.74, 6) is 0. The summed E-state index contributed by atoms with van der Waals surface area (Å²) in [6.45, 7) is 24.0. The summed E-state index contributed by atoms with van der Waals surface area (Å²) in [4.78, 5) is 2.30. The molecule has 1 nitrogen and oxygen atoms in total. The third-order valence-electron chi connectivity index (χ3n) is 7.92. The van der Waals surface area contributed by atoms with Gasteiger partial charge in [-0.1, -0.05) is 283 Å². The van der Waals surface area contributed by atoms with Crippen LogP contribution in [0, 0.1) is 0 Å². The Morgan fingerprint density at radius 3 is 0.557 bits per heavy atom. The van der Waals surface area contributed by atoms with Crippen LogP contribution in [-0.4, -0.2) is 0 Å². The number of hydrogen-bond donors (Lipinski definition) is 0. The second-order valence-electron chi connectivity index (χ2n) is 11.5. The molecule has 320 valence electrons. The first kappa shape index (κ1) is 54.6. The highest BCUT2D eigenvalue weighted by molar-refractivity contribution is 5.78. The van der Waals surface area contributed by atoms with Crippen LogP contribution in [0.25, 0.3) is 36.5 Å². The molecule has 0 aliphatic heterocycles. The fourth-order valence-corrected chi connectivity index (χ4v) is 5.34. The van der Waals surface area contributed by atoms with Crippen LogP contribution in [0.3, 0.4) is 0 Å². The SMILES string of the molecule is C(/C=C/c1ccc(N(c2ccc(/C=C/C=C/c3ccccc3)cc2)c2ccc(/C=C/C=C/c3ccccc3)cc2)cc1)=C\c1ccccc1.CC.CC.CC.CC.CC.CC. The molecule has 0 spiro atoms. The van der Waals surface area contributed by atoms with E-state index in [1.54, 1.807) is 0 Å². The Bertz CT molecular complexity index is 1800. The summed E-state index contributed by atoms with van der Waals surface area (Å²) >= 11 is 0. The van der Waals surface area contributed by atoms with Crippen molar-refractivity contribution in [2.75, 3.05) is 4.90 Å². The minimum atomic E-state index is 1.10. The van der Waals surface area contributed by atoms with Gasteiger partial charge in [-0.05, 0) is 69.8 Å². The molecule has 1 heteroatoms. The molecular formula is C60H75N. The fraction of sp³-hybridized carbons (Fsp3) is 0.200. The highest BCUT2D eigenvalue weighted by atomic mass is 15.1. The van der Waals surface area contributed by atoms with Crippen molar-refractivity contribution in [3.05, 3.63) is 234 Å². The summed E-state index contributed by atoms with van der Waals surface area (Å²) in [5, 5.41) is 0. The van der Waals surface area contributed by atoms with Crippen molar-refractivity contribution in [3.8, 4) is 0 Å². The Morgan fingerprint density at radius 1 is 0.213 bits per heavy atom. The molecule has 0 atom stereocenters. The van der Waals surface area contributed by atoms with Gasteiger partial charge < -0.3 is 4.90 Å². The summed E-state index contributed by atoms with van der Waals surface area (Å²) < 4.78 is 0. The zero-order chi connectivity index (χ0) is 45.4. The Morgan fingerprint density at radius 2 is 0.377 bits per heavy atom. The molecule has 0 saturated carbocycles. The van der Waals surface area contributed by atoms with Gasteiger partial charge in [0, 0.05) is 17.1 Å². The van der Waals surface area contributed by atoms with Crippen molar-refractivity contribution in [1.82, 2.24) is 0 Å². The van der Waals surface area contributed by atoms with Crippen molar-refractivity contribution < 1.29 is 0 Å². The second-order valence-corrected chi connectivity index (χ2v) is 11.5. The predicted molar refractivity (Wildman–Crippen MR) is 283 cm³/mol. The lowest BCUT2D eigenvalue weighted by atomic mass is 10.1. The molecular weight excluding hydrogens is 735 g/mol. The lowest BCUT2D eigenvalue weighted by Gasteiger charge is -2.26. The zero-order valence-corrected chi connectivity index (χ0v) is 39.5. The highest BCUT2D eigenvalue weighted by Gasteiger charge is 2.12. The smallest absolute Gasteiger partial charge is 0.0462 e. The van der Waals surface area contributed by atoms with Crippen LogP contribution < -0.4 is 4.90 Å². The van der Waals surface area contributed by atoms with Crippen LogP contribution in [0.5, 0.6) is 0 Å². The molecule has 6 aromatic rings. The van der Waals surface area contributed by atoms with Crippen molar-refractivity contribution in [2.24, 2.45) is 0 Å². The van der Waals surface area contributed by atoms with E-state index in [1.807, 2.05) is 101 Å². The Hall–Kier alpha value is -6.44. The van der Waals surface area contributed by atoms with E-state index in [0.717, 1.165) is 33.8 Å². The van der Waals surface area contributed by atoms with Gasteiger partial charge >= 0.3 is 0 Å². The van der Waals surface area contributed by atoms with Gasteiger partial charge in [0.15, 0.2) is 0 Å². The van der Waals surface area contributed by atoms with Gasteiger partial charge in [0.05, 0.1) is 0 Å². The van der Waals surface area contributed by atoms with E-state index < -0.39 is 0 Å². The summed E-state index contributed by atoms with van der Waals surface area (Å²) in [6.07, 6.45) is 25.2. The Kier molecular flexibility index (Phi) is 33.8. The van der Waals surface area contributed by atoms with Crippen molar-refractivity contribution >= 4 is 53.5 Å². The van der Waals surface area contributed by atoms with E-state index in [1.165, 1.54) is 16.7 Å². The van der Waals surface area contributed by atoms with Gasteiger partial charge in [0.1, 0.15) is 0 Å². The number of benzene rings is 6. The molecule has 0 aliphatic carbocycles. The summed E-state index contributed by atoms with van der Waals surface area (Å²) in [5.41, 5.74) is 10.3. The molecule has 0 fully saturated rings. The monoisotopic (exact) mass is 810 g/mol. The molecule has 0 aromatic heterocycles. The lowest BCUT2D eigenvalue weighted by Crippen LogP contribution is -2.09. The van der Waals surface area contributed by atoms with Crippen LogP contribution in [-0.2, 0) is 0 Å². The second kappa shape index (κ2) is 37.8. The zero-order valence-electron chi connectivity index (χ0n) is 39.5. The molecule has 0 amide bonds. The molecule has 0 heterocycles. The predicted octanol–water partition coefficient (Wildman–Crippen LogP) is 19.5. The minimum Gasteiger partial charge on any atom is -0.311 e. The lowest BCUT2D eigenvalue weighted by molar-refractivity contribution is 1.28. The third kappa shape index (κ3) is 21.9. The Labute approximate surface area is 373 Å². The summed E-state index contributed by atoms with van der Waals surface area (Å²) in [7, 11) is 0. The number of allylic oxidation sites excluding steroid dienone is 6. The molecule has 0 radical (unpaired) electrons. The molecule has 0 N–H and O–H groups in total. The maximum absolute atomic E-state index is 2.30. The normalized spacial score (nSPS) is 10.2. The number of rotatable bonds is 12. The first-order chi connectivity index (χ1) is 30.3. The van der Waals surface area contributed by atoms with E-state index in [0.29, 0.717) is 0 Å². The van der Waals surface area contributed by atoms with Crippen LogP contribution >= 0.6 is 0 Å². The van der Waals surface area contributed by atoms with Crippen molar-refractivity contribution in [3.63, 3.8) is 0 Å². The van der Waals surface area contributed by atoms with Crippen LogP contribution in [0.4, 0.5) is 17.1 Å². The number of nitrogens with zero attached hydrogens (tertiary/aromatic N) is 1. The maximum atomic E-state index is 2.30. The van der Waals surface area contributed by atoms with Crippen molar-refractivity contribution in [2.45, 2.75) is 83.1 Å². The average molecular weight is 810 g/mol. The summed E-state index contributed by atoms with van der Waals surface area (Å²) in [6, 6.07) is 57.2. The molecule has 0 aliphatic rings. The highest BCUT2D eigenvalue weighted by Crippen LogP contribution is 2.35. The van der Waals surface area contributed by atoms with Gasteiger partial charge in [-0.15, -0.1) is 0 Å². The van der Waals surface area contributed by atoms with Gasteiger partial charge in [-0.3, -0.25) is 0 Å². The molecule has 61 heavy (non-hydrogen) atoms. The quantitative estimate of drug-likeness (QED) is 0.111. The molecule has 0 unspecified atom stereocenters. The third-order valence-corrected chi connectivity index (χ3v) is 7.92. The molecule has 6 rings (SSSR count). The first-order valence-corrected chi connectivity index (χ1v) is 22.6. The number of anilines is 3. The van der Waals surface area contributed by atoms with Crippen LogP contribution in [0.1, 0.15) is 116 Å².